The van der Waals surface area contributed by atoms with Crippen molar-refractivity contribution in [3.05, 3.63) is 52.1 Å². The second kappa shape index (κ2) is 36.6. The summed E-state index contributed by atoms with van der Waals surface area (Å²) in [5, 5.41) is 55.5. The summed E-state index contributed by atoms with van der Waals surface area (Å²) in [5.74, 6) is -8.55. The van der Waals surface area contributed by atoms with Crippen LogP contribution in [0.4, 0.5) is 11.6 Å². The number of ketones is 1. The number of carbonyl (C=O) groups is 7. The average Bonchev–Trinajstić information content (AvgIpc) is 1.57. The predicted octanol–water partition coefficient (Wildman–Crippen LogP) is 6.36. The molecule has 4 amide bonds. The van der Waals surface area contributed by atoms with Crippen molar-refractivity contribution >= 4 is 98.4 Å². The number of carboxylic acids is 2. The molecular formula is C73H110N10O19S3. The molecule has 22 atom stereocenters. The number of H-pyrrole nitrogens is 1. The van der Waals surface area contributed by atoms with Crippen molar-refractivity contribution in [3.63, 3.8) is 0 Å². The van der Waals surface area contributed by atoms with Crippen LogP contribution in [0.1, 0.15) is 175 Å². The van der Waals surface area contributed by atoms with Crippen molar-refractivity contribution in [2.45, 2.75) is 249 Å². The molecule has 3 aromatic rings. The molecular weight excluding hydrogens is 1420 g/mol. The number of fused-ring (bicyclic) bond motifs is 1. The second-order valence-corrected chi connectivity index (χ2v) is 33.6. The van der Waals surface area contributed by atoms with E-state index in [0.717, 1.165) is 32.1 Å². The molecule has 9 rings (SSSR count). The topological polar surface area (TPSA) is 423 Å². The fraction of sp³-hybridized carbons (Fsp3) is 0.740. The van der Waals surface area contributed by atoms with Gasteiger partial charge in [0.1, 0.15) is 17.9 Å². The second-order valence-electron chi connectivity index (χ2n) is 30.6. The van der Waals surface area contributed by atoms with Crippen LogP contribution in [0.25, 0.3) is 11.2 Å². The maximum atomic E-state index is 13.9. The third-order valence-corrected chi connectivity index (χ3v) is 25.2. The Hall–Kier alpha value is -5.78. The minimum Gasteiger partial charge on any atom is -0.480 e. The molecule has 3 unspecified atom stereocenters. The molecule has 32 heteroatoms. The highest BCUT2D eigenvalue weighted by molar-refractivity contribution is 8.76. The van der Waals surface area contributed by atoms with Crippen molar-refractivity contribution in [2.24, 2.45) is 47.3 Å². The van der Waals surface area contributed by atoms with Crippen LogP contribution in [0, 0.1) is 47.3 Å². The maximum Gasteiger partial charge on any atom is 0.327 e. The first-order valence-corrected chi connectivity index (χ1v) is 40.2. The summed E-state index contributed by atoms with van der Waals surface area (Å²) in [6.45, 7) is 18.9. The number of anilines is 2. The molecule has 1 aromatic carbocycles. The Morgan fingerprint density at radius 2 is 1.56 bits per heavy atom. The Morgan fingerprint density at radius 3 is 2.27 bits per heavy atom. The van der Waals surface area contributed by atoms with Gasteiger partial charge in [-0.25, -0.2) is 19.6 Å². The number of nitrogens with zero attached hydrogens (tertiary/aromatic N) is 3. The molecule has 0 bridgehead atoms. The number of nitrogen functional groups attached to an aromatic ring is 1. The van der Waals surface area contributed by atoms with Gasteiger partial charge in [0.05, 0.1) is 91.0 Å². The van der Waals surface area contributed by atoms with E-state index >= 15 is 0 Å². The first-order valence-electron chi connectivity index (χ1n) is 37.1. The highest BCUT2D eigenvalue weighted by atomic mass is 33.1. The van der Waals surface area contributed by atoms with E-state index in [4.69, 9.17) is 38.9 Å². The molecule has 6 fully saturated rings. The Kier molecular flexibility index (Phi) is 29.0. The highest BCUT2D eigenvalue weighted by Gasteiger charge is 2.65. The van der Waals surface area contributed by atoms with Gasteiger partial charge in [0, 0.05) is 98.7 Å². The number of carboxylic acid groups (broad SMARTS) is 2. The zero-order chi connectivity index (χ0) is 76.3. The molecule has 1 spiro atoms. The van der Waals surface area contributed by atoms with Crippen LogP contribution in [0.2, 0.25) is 0 Å². The van der Waals surface area contributed by atoms with Gasteiger partial charge in [-0.15, -0.1) is 0 Å². The number of benzene rings is 1. The summed E-state index contributed by atoms with van der Waals surface area (Å²) < 4.78 is 48.0. The van der Waals surface area contributed by atoms with Gasteiger partial charge in [-0.05, 0) is 126 Å². The third-order valence-electron chi connectivity index (χ3n) is 22.5. The number of aliphatic hydroxyl groups excluding tert-OH is 1. The number of aromatic amines is 1. The number of carbonyl (C=O) groups excluding carboxylic acids is 5. The Morgan fingerprint density at radius 1 is 0.819 bits per heavy atom. The van der Waals surface area contributed by atoms with Crippen LogP contribution in [-0.2, 0) is 68.5 Å². The monoisotopic (exact) mass is 1530 g/mol. The molecule has 12 N–H and O–H groups in total. The van der Waals surface area contributed by atoms with Gasteiger partial charge in [-0.1, -0.05) is 70.1 Å². The number of nitrogens with one attached hydrogen (secondary N) is 6. The van der Waals surface area contributed by atoms with E-state index in [1.54, 1.807) is 19.2 Å². The number of rotatable bonds is 35. The van der Waals surface area contributed by atoms with E-state index in [1.165, 1.54) is 39.9 Å². The minimum absolute atomic E-state index is 0.00829. The van der Waals surface area contributed by atoms with Crippen LogP contribution in [0.3, 0.4) is 0 Å². The number of hydrogen-bond donors (Lipinski definition) is 12. The zero-order valence-electron chi connectivity index (χ0n) is 61.9. The molecule has 8 heterocycles. The Bertz CT molecular complexity index is 3570. The summed E-state index contributed by atoms with van der Waals surface area (Å²) in [5.41, 5.74) is 4.97. The van der Waals surface area contributed by atoms with Crippen LogP contribution in [-0.4, -0.2) is 209 Å². The van der Waals surface area contributed by atoms with Gasteiger partial charge in [-0.3, -0.25) is 33.8 Å². The van der Waals surface area contributed by atoms with Gasteiger partial charge in [0.2, 0.25) is 23.7 Å². The van der Waals surface area contributed by atoms with Crippen molar-refractivity contribution in [3.8, 4) is 0 Å². The molecule has 0 saturated carbocycles. The molecule has 2 aromatic heterocycles. The number of amides is 4. The third kappa shape index (κ3) is 20.6. The molecule has 6 saturated heterocycles. The van der Waals surface area contributed by atoms with Gasteiger partial charge in [0.15, 0.2) is 22.7 Å². The number of Topliss-reactive ketones (excluding diaryl/α,β-unsaturated/α-hetero) is 1. The Labute approximate surface area is 626 Å². The molecule has 105 heavy (non-hydrogen) atoms. The number of nitrogens with two attached hydrogens (primary N) is 1. The highest BCUT2D eigenvalue weighted by Crippen LogP contribution is 2.57. The summed E-state index contributed by atoms with van der Waals surface area (Å²) in [6.07, 6.45) is 5.47. The number of methoxy groups -OCH3 is 1. The fourth-order valence-corrected chi connectivity index (χ4v) is 18.8. The van der Waals surface area contributed by atoms with E-state index in [9.17, 15) is 58.8 Å². The quantitative estimate of drug-likeness (QED) is 0.0173. The lowest BCUT2D eigenvalue weighted by atomic mass is 9.78. The maximum absolute atomic E-state index is 13.9. The van der Waals surface area contributed by atoms with Gasteiger partial charge in [0.25, 0.3) is 11.5 Å². The van der Waals surface area contributed by atoms with Crippen molar-refractivity contribution in [2.75, 3.05) is 55.1 Å². The predicted molar refractivity (Wildman–Crippen MR) is 397 cm³/mol. The SMILES string of the molecule is CO[C@@H]1C[C@@H](C[C@H]2CC[C@H](C)C([C@@H](C)C(=O)NCCSSC[C@H](NC(=O)C(CCCNC(=O)CCS)CC(=O)CC[C@H](NC(=O)c3ccc(NCc4cnc5nc(N)[nH]c(=O)c5n4)cc3)C(=O)O)C(=O)O)O2)O[C@]2(O[C@@](C)(C3CC[C@@](C)([C@@H]4O[C@@H]([C@@H]5O[C@@](O)(CO)[C@H](C)C[C@@H]5C)C[C@@H]4C)O3)C[C@H]2C)[C@@H]1C. The summed E-state index contributed by atoms with van der Waals surface area (Å²) in [6, 6.07) is 3.24. The van der Waals surface area contributed by atoms with Gasteiger partial charge in [-0.2, -0.15) is 17.6 Å². The van der Waals surface area contributed by atoms with E-state index < -0.39 is 88.4 Å². The van der Waals surface area contributed by atoms with E-state index in [2.05, 4.69) is 108 Å². The van der Waals surface area contributed by atoms with Crippen molar-refractivity contribution < 1.29 is 87.1 Å². The van der Waals surface area contributed by atoms with Gasteiger partial charge < -0.3 is 85.9 Å². The van der Waals surface area contributed by atoms with E-state index in [0.29, 0.717) is 48.6 Å². The van der Waals surface area contributed by atoms with Crippen molar-refractivity contribution in [1.29, 1.82) is 0 Å². The lowest BCUT2D eigenvalue weighted by molar-refractivity contribution is -0.353. The largest absolute Gasteiger partial charge is 0.480 e. The molecule has 584 valence electrons. The standard InChI is InChI=1S/C73H110N10O19S3/c1-38-13-19-50(31-51-32-54(96-10)44(7)73(99-51)42(5)33-71(9,102-73)56-21-23-70(8,100-56)61-40(3)29-55(98-61)60-39(2)28-41(4)72(95,37-84)101-60)97-59(38)43(6)63(87)76-25-27-104-105-36-53(68(93)94)81-65(89)46(12-11-24-75-57(86)22-26-103)30-49(85)18-20-52(67(91)92)80-64(88)45-14-16-47(17-15-45)77-34-48-35-78-62-58(79-48)66(90)83-69(74)82-62/h14-17,35,38-44,46,50-56,59-61,77,84,95,103H,11-13,18-34,36-37H2,1-10H3,(H,75,86)(H,76,87)(H,80,88)(H,81,89)(H,91,92)(H,93,94)(H3,74,78,82,83,90)/t38-,39-,40-,41+,42+,43+,44+,46?,50+,51+,52-,53-,54+,55+,56?,59?,60+,61+,70-,71+,72-,73+/m0/s1. The smallest absolute Gasteiger partial charge is 0.327 e. The van der Waals surface area contributed by atoms with Crippen LogP contribution in [0.15, 0.2) is 35.3 Å². The number of aromatic nitrogens is 4. The summed E-state index contributed by atoms with van der Waals surface area (Å²) >= 11 is 4.09. The zero-order valence-corrected chi connectivity index (χ0v) is 64.5. The number of aliphatic carboxylic acids is 2. The molecule has 6 aliphatic heterocycles. The average molecular weight is 1530 g/mol. The van der Waals surface area contributed by atoms with Gasteiger partial charge >= 0.3 is 11.9 Å². The number of ether oxygens (including phenoxy) is 7. The minimum atomic E-state index is -1.61. The fourth-order valence-electron chi connectivity index (χ4n) is 16.6. The first-order chi connectivity index (χ1) is 49.8. The molecule has 0 radical (unpaired) electrons. The van der Waals surface area contributed by atoms with Crippen molar-refractivity contribution in [1.82, 2.24) is 41.2 Å². The molecule has 29 nitrogen and oxygen atoms in total. The Balaban J connectivity index is 0.713. The lowest BCUT2D eigenvalue weighted by Crippen LogP contribution is -2.58. The molecule has 0 aliphatic carbocycles. The van der Waals surface area contributed by atoms with Crippen LogP contribution < -0.4 is 37.9 Å². The number of aliphatic hydroxyl groups is 2. The number of hydrogen-bond acceptors (Lipinski definition) is 25. The van der Waals surface area contributed by atoms with Crippen LogP contribution >= 0.6 is 34.2 Å². The summed E-state index contributed by atoms with van der Waals surface area (Å²) in [7, 11) is 4.25. The normalized spacial score (nSPS) is 33.0. The number of thiol groups is 1. The first kappa shape index (κ1) is 83.3. The molecule has 6 aliphatic rings. The summed E-state index contributed by atoms with van der Waals surface area (Å²) in [4.78, 5) is 119. The van der Waals surface area contributed by atoms with E-state index in [1.807, 2.05) is 13.8 Å². The van der Waals surface area contributed by atoms with E-state index in [-0.39, 0.29) is 183 Å². The lowest BCUT2D eigenvalue weighted by Gasteiger charge is -2.50. The van der Waals surface area contributed by atoms with Crippen LogP contribution in [0.5, 0.6) is 0 Å².